The maximum Gasteiger partial charge on any atom is 0.234 e. The molecule has 3 aliphatic heterocycles. The first kappa shape index (κ1) is 32.7. The number of aromatic hydroxyl groups is 1. The largest absolute Gasteiger partial charge is 0.508 e. The van der Waals surface area contributed by atoms with Crippen LogP contribution in [-0.2, 0) is 22.6 Å². The molecule has 2 N–H and O–H groups in total. The molecule has 1 aliphatic carbocycles. The zero-order valence-electron chi connectivity index (χ0n) is 28.8. The molecule has 7 heteroatoms. The summed E-state index contributed by atoms with van der Waals surface area (Å²) in [5.41, 5.74) is 8.93. The van der Waals surface area contributed by atoms with Crippen molar-refractivity contribution < 1.29 is 14.7 Å². The van der Waals surface area contributed by atoms with E-state index in [2.05, 4.69) is 98.9 Å². The number of piperidine rings is 2. The van der Waals surface area contributed by atoms with E-state index >= 15 is 0 Å². The van der Waals surface area contributed by atoms with Gasteiger partial charge < -0.3 is 10.0 Å². The van der Waals surface area contributed by atoms with Crippen LogP contribution in [-0.4, -0.2) is 72.0 Å². The van der Waals surface area contributed by atoms with Crippen LogP contribution >= 0.6 is 0 Å². The van der Waals surface area contributed by atoms with Gasteiger partial charge in [0.25, 0.3) is 0 Å². The SMILES string of the molecule is O=C1CCC(c2cccc(CN3CCN(C4CCN(c5ccc(C6c7ccc(O)cc7CCC6c6ccccc6)cc5)CC4)CC3)c2)C(=O)N1. The van der Waals surface area contributed by atoms with E-state index in [0.29, 0.717) is 30.6 Å². The van der Waals surface area contributed by atoms with Crippen LogP contribution in [0.2, 0.25) is 0 Å². The number of phenolic OH excluding ortho intramolecular Hbond substituents is 1. The molecule has 3 fully saturated rings. The van der Waals surface area contributed by atoms with Gasteiger partial charge >= 0.3 is 0 Å². The molecule has 7 nitrogen and oxygen atoms in total. The van der Waals surface area contributed by atoms with Crippen molar-refractivity contribution in [2.75, 3.05) is 44.2 Å². The number of nitrogens with one attached hydrogen (secondary N) is 1. The summed E-state index contributed by atoms with van der Waals surface area (Å²) in [5, 5.41) is 12.7. The van der Waals surface area contributed by atoms with Crippen molar-refractivity contribution >= 4 is 17.5 Å². The van der Waals surface area contributed by atoms with Crippen LogP contribution in [0.3, 0.4) is 0 Å². The fourth-order valence-corrected chi connectivity index (χ4v) is 9.12. The number of imide groups is 1. The lowest BCUT2D eigenvalue weighted by Gasteiger charge is -2.43. The van der Waals surface area contributed by atoms with Gasteiger partial charge in [-0.15, -0.1) is 0 Å². The van der Waals surface area contributed by atoms with Crippen LogP contribution in [0, 0.1) is 0 Å². The number of hydrogen-bond donors (Lipinski definition) is 2. The topological polar surface area (TPSA) is 76.1 Å². The summed E-state index contributed by atoms with van der Waals surface area (Å²) in [6.45, 7) is 7.34. The fourth-order valence-electron chi connectivity index (χ4n) is 9.12. The van der Waals surface area contributed by atoms with E-state index in [9.17, 15) is 14.7 Å². The number of aryl methyl sites for hydroxylation is 1. The van der Waals surface area contributed by atoms with Gasteiger partial charge in [0.1, 0.15) is 5.75 Å². The molecule has 8 rings (SSSR count). The summed E-state index contributed by atoms with van der Waals surface area (Å²) in [5.74, 6) is 0.483. The van der Waals surface area contributed by atoms with Gasteiger partial charge in [-0.1, -0.05) is 72.8 Å². The van der Waals surface area contributed by atoms with E-state index in [-0.39, 0.29) is 23.7 Å². The smallest absolute Gasteiger partial charge is 0.234 e. The van der Waals surface area contributed by atoms with Gasteiger partial charge in [-0.2, -0.15) is 0 Å². The second kappa shape index (κ2) is 14.4. The number of benzene rings is 4. The van der Waals surface area contributed by atoms with Crippen molar-refractivity contribution in [3.63, 3.8) is 0 Å². The van der Waals surface area contributed by atoms with E-state index in [4.69, 9.17) is 0 Å². The summed E-state index contributed by atoms with van der Waals surface area (Å²) in [7, 11) is 0. The minimum atomic E-state index is -0.231. The highest BCUT2D eigenvalue weighted by Gasteiger charge is 2.33. The van der Waals surface area contributed by atoms with Crippen LogP contribution in [0.15, 0.2) is 97.1 Å². The lowest BCUT2D eigenvalue weighted by atomic mass is 9.69. The number of carbonyl (C=O) groups is 2. The third kappa shape index (κ3) is 6.94. The first-order valence-electron chi connectivity index (χ1n) is 18.6. The first-order valence-corrected chi connectivity index (χ1v) is 18.6. The molecule has 4 aromatic carbocycles. The number of carbonyl (C=O) groups excluding carboxylic acids is 2. The van der Waals surface area contributed by atoms with Gasteiger partial charge in [0.2, 0.25) is 11.8 Å². The molecule has 258 valence electrons. The fraction of sp³-hybridized carbons (Fsp3) is 0.395. The zero-order valence-corrected chi connectivity index (χ0v) is 28.8. The Morgan fingerprint density at radius 3 is 2.20 bits per heavy atom. The number of fused-ring (bicyclic) bond motifs is 1. The summed E-state index contributed by atoms with van der Waals surface area (Å²) in [6, 6.07) is 35.3. The van der Waals surface area contributed by atoms with Gasteiger partial charge in [0.05, 0.1) is 5.92 Å². The van der Waals surface area contributed by atoms with Crippen LogP contribution in [0.25, 0.3) is 0 Å². The Morgan fingerprint density at radius 1 is 0.680 bits per heavy atom. The van der Waals surface area contributed by atoms with E-state index < -0.39 is 0 Å². The number of hydrogen-bond acceptors (Lipinski definition) is 6. The summed E-state index contributed by atoms with van der Waals surface area (Å²) >= 11 is 0. The molecular weight excluding hydrogens is 620 g/mol. The van der Waals surface area contributed by atoms with Crippen molar-refractivity contribution in [1.29, 1.82) is 0 Å². The molecule has 3 unspecified atom stereocenters. The van der Waals surface area contributed by atoms with Gasteiger partial charge in [0.15, 0.2) is 0 Å². The molecule has 4 aromatic rings. The Bertz CT molecular complexity index is 1810. The van der Waals surface area contributed by atoms with Crippen molar-refractivity contribution in [2.45, 2.75) is 68.9 Å². The quantitative estimate of drug-likeness (QED) is 0.217. The molecule has 0 bridgehead atoms. The standard InChI is InChI=1S/C43H48N4O3/c48-37-14-16-39-34(28-37)11-15-38(31-6-2-1-3-7-31)42(39)32-9-12-35(13-10-32)46-21-19-36(20-22-46)47-25-23-45(24-26-47)29-30-5-4-8-33(27-30)40-17-18-41(49)44-43(40)50/h1-10,12-14,16,27-28,36,38,40,42,48H,11,15,17-26,29H2,(H,44,49,50). The number of phenols is 1. The molecule has 3 atom stereocenters. The molecule has 0 spiro atoms. The molecule has 4 aliphatic rings. The number of anilines is 1. The maximum absolute atomic E-state index is 12.4. The number of nitrogens with zero attached hydrogens (tertiary/aromatic N) is 3. The Labute approximate surface area is 295 Å². The van der Waals surface area contributed by atoms with E-state index in [1.165, 1.54) is 46.3 Å². The number of amides is 2. The third-order valence-electron chi connectivity index (χ3n) is 11.8. The van der Waals surface area contributed by atoms with Crippen molar-refractivity contribution in [2.24, 2.45) is 0 Å². The van der Waals surface area contributed by atoms with Crippen LogP contribution < -0.4 is 10.2 Å². The Balaban J connectivity index is 0.859. The molecule has 3 saturated heterocycles. The molecule has 0 radical (unpaired) electrons. The summed E-state index contributed by atoms with van der Waals surface area (Å²) < 4.78 is 0. The summed E-state index contributed by atoms with van der Waals surface area (Å²) in [6.07, 6.45) is 5.44. The summed E-state index contributed by atoms with van der Waals surface area (Å²) in [4.78, 5) is 31.8. The lowest BCUT2D eigenvalue weighted by Crippen LogP contribution is -2.53. The normalized spacial score (nSPS) is 23.8. The van der Waals surface area contributed by atoms with E-state index in [0.717, 1.165) is 64.2 Å². The van der Waals surface area contributed by atoms with Crippen molar-refractivity contribution in [3.05, 3.63) is 130 Å². The molecular formula is C43H48N4O3. The Morgan fingerprint density at radius 2 is 1.44 bits per heavy atom. The van der Waals surface area contributed by atoms with Crippen LogP contribution in [0.1, 0.15) is 83.2 Å². The maximum atomic E-state index is 12.4. The molecule has 0 saturated carbocycles. The highest BCUT2D eigenvalue weighted by Crippen LogP contribution is 2.47. The van der Waals surface area contributed by atoms with Gasteiger partial charge in [-0.25, -0.2) is 0 Å². The predicted molar refractivity (Wildman–Crippen MR) is 198 cm³/mol. The van der Waals surface area contributed by atoms with E-state index in [1.54, 1.807) is 0 Å². The molecule has 2 amide bonds. The van der Waals surface area contributed by atoms with Crippen molar-refractivity contribution in [1.82, 2.24) is 15.1 Å². The highest BCUT2D eigenvalue weighted by molar-refractivity contribution is 6.00. The second-order valence-electron chi connectivity index (χ2n) is 14.8. The minimum absolute atomic E-state index is 0.164. The lowest BCUT2D eigenvalue weighted by molar-refractivity contribution is -0.134. The van der Waals surface area contributed by atoms with Crippen LogP contribution in [0.4, 0.5) is 5.69 Å². The zero-order chi connectivity index (χ0) is 34.0. The molecule has 0 aromatic heterocycles. The third-order valence-corrected chi connectivity index (χ3v) is 11.8. The van der Waals surface area contributed by atoms with Gasteiger partial charge in [0, 0.05) is 69.9 Å². The molecule has 3 heterocycles. The van der Waals surface area contributed by atoms with Crippen LogP contribution in [0.5, 0.6) is 5.75 Å². The van der Waals surface area contributed by atoms with E-state index in [1.807, 2.05) is 18.2 Å². The van der Waals surface area contributed by atoms with Gasteiger partial charge in [-0.05, 0) is 95.7 Å². The second-order valence-corrected chi connectivity index (χ2v) is 14.8. The Hall–Kier alpha value is -4.46. The highest BCUT2D eigenvalue weighted by atomic mass is 16.3. The monoisotopic (exact) mass is 668 g/mol. The predicted octanol–water partition coefficient (Wildman–Crippen LogP) is 6.56. The number of rotatable bonds is 7. The van der Waals surface area contributed by atoms with Crippen molar-refractivity contribution in [3.8, 4) is 5.75 Å². The average molecular weight is 669 g/mol. The number of piperazine rings is 1. The average Bonchev–Trinajstić information content (AvgIpc) is 3.15. The van der Waals surface area contributed by atoms with Gasteiger partial charge in [-0.3, -0.25) is 24.7 Å². The Kier molecular flexibility index (Phi) is 9.43. The first-order chi connectivity index (χ1) is 24.5. The molecule has 50 heavy (non-hydrogen) atoms. The minimum Gasteiger partial charge on any atom is -0.508 e.